The highest BCUT2D eigenvalue weighted by Crippen LogP contribution is 2.21. The number of nitrogens with one attached hydrogen (secondary N) is 1. The van der Waals surface area contributed by atoms with E-state index in [1.165, 1.54) is 0 Å². The molecule has 1 N–H and O–H groups in total. The Morgan fingerprint density at radius 1 is 1.23 bits per heavy atom. The monoisotopic (exact) mass is 372 g/mol. The van der Waals surface area contributed by atoms with E-state index in [0.717, 1.165) is 16.9 Å². The normalized spacial score (nSPS) is 16.6. The fraction of sp³-hybridized carbons (Fsp3) is 0.300. The second kappa shape index (κ2) is 8.23. The zero-order valence-corrected chi connectivity index (χ0v) is 15.3. The third-order valence-corrected chi connectivity index (χ3v) is 4.79. The van der Waals surface area contributed by atoms with Crippen LogP contribution in [0.2, 0.25) is 5.02 Å². The summed E-state index contributed by atoms with van der Waals surface area (Å²) in [6, 6.07) is 14.7. The van der Waals surface area contributed by atoms with E-state index in [9.17, 15) is 9.59 Å². The molecule has 1 aliphatic rings. The van der Waals surface area contributed by atoms with E-state index in [0.29, 0.717) is 24.5 Å². The maximum atomic E-state index is 12.3. The summed E-state index contributed by atoms with van der Waals surface area (Å²) in [7, 11) is 1.60. The topological polar surface area (TPSA) is 58.6 Å². The van der Waals surface area contributed by atoms with Gasteiger partial charge in [0.25, 0.3) is 0 Å². The summed E-state index contributed by atoms with van der Waals surface area (Å²) in [5.74, 6) is 0.693. The Labute approximate surface area is 157 Å². The number of halogens is 1. The van der Waals surface area contributed by atoms with Crippen molar-refractivity contribution in [1.29, 1.82) is 0 Å². The Hall–Kier alpha value is -2.53. The predicted molar refractivity (Wildman–Crippen MR) is 100 cm³/mol. The summed E-state index contributed by atoms with van der Waals surface area (Å²) in [5.41, 5.74) is 1.81. The SMILES string of the molecule is COc1ccc(CC(=O)N[C@H]2CC(=O)N(Cc3ccccc3Cl)C2)cc1. The van der Waals surface area contributed by atoms with Gasteiger partial charge in [-0.15, -0.1) is 0 Å². The summed E-state index contributed by atoms with van der Waals surface area (Å²) in [4.78, 5) is 26.2. The molecule has 1 aliphatic heterocycles. The maximum Gasteiger partial charge on any atom is 0.225 e. The van der Waals surface area contributed by atoms with E-state index >= 15 is 0 Å². The smallest absolute Gasteiger partial charge is 0.225 e. The molecule has 0 spiro atoms. The van der Waals surface area contributed by atoms with E-state index in [-0.39, 0.29) is 24.3 Å². The lowest BCUT2D eigenvalue weighted by atomic mass is 10.1. The van der Waals surface area contributed by atoms with Gasteiger partial charge in [-0.05, 0) is 29.3 Å². The van der Waals surface area contributed by atoms with Crippen molar-refractivity contribution in [3.63, 3.8) is 0 Å². The van der Waals surface area contributed by atoms with Gasteiger partial charge in [0.15, 0.2) is 0 Å². The molecular formula is C20H21ClN2O3. The highest BCUT2D eigenvalue weighted by Gasteiger charge is 2.30. The van der Waals surface area contributed by atoms with Crippen LogP contribution < -0.4 is 10.1 Å². The molecule has 1 heterocycles. The number of hydrogen-bond acceptors (Lipinski definition) is 3. The zero-order valence-electron chi connectivity index (χ0n) is 14.6. The van der Waals surface area contributed by atoms with Gasteiger partial charge >= 0.3 is 0 Å². The lowest BCUT2D eigenvalue weighted by Crippen LogP contribution is -2.37. The van der Waals surface area contributed by atoms with Crippen LogP contribution >= 0.6 is 11.6 Å². The number of likely N-dealkylation sites (tertiary alicyclic amines) is 1. The lowest BCUT2D eigenvalue weighted by Gasteiger charge is -2.18. The van der Waals surface area contributed by atoms with Crippen molar-refractivity contribution in [2.75, 3.05) is 13.7 Å². The summed E-state index contributed by atoms with van der Waals surface area (Å²) >= 11 is 6.17. The molecule has 1 atom stereocenters. The van der Waals surface area contributed by atoms with Gasteiger partial charge in [0, 0.05) is 24.5 Å². The van der Waals surface area contributed by atoms with E-state index < -0.39 is 0 Å². The number of carbonyl (C=O) groups is 2. The Morgan fingerprint density at radius 2 is 1.96 bits per heavy atom. The van der Waals surface area contributed by atoms with Crippen molar-refractivity contribution in [2.24, 2.45) is 0 Å². The molecule has 1 saturated heterocycles. The van der Waals surface area contributed by atoms with Crippen LogP contribution in [-0.2, 0) is 22.6 Å². The van der Waals surface area contributed by atoms with Crippen molar-refractivity contribution in [3.8, 4) is 5.75 Å². The van der Waals surface area contributed by atoms with E-state index in [1.807, 2.05) is 48.5 Å². The molecular weight excluding hydrogens is 352 g/mol. The van der Waals surface area contributed by atoms with Crippen LogP contribution in [-0.4, -0.2) is 36.4 Å². The lowest BCUT2D eigenvalue weighted by molar-refractivity contribution is -0.128. The van der Waals surface area contributed by atoms with Crippen molar-refractivity contribution in [2.45, 2.75) is 25.4 Å². The molecule has 6 heteroatoms. The fourth-order valence-corrected chi connectivity index (χ4v) is 3.26. The third kappa shape index (κ3) is 4.55. The van der Waals surface area contributed by atoms with Gasteiger partial charge < -0.3 is 15.0 Å². The molecule has 26 heavy (non-hydrogen) atoms. The number of ether oxygens (including phenoxy) is 1. The third-order valence-electron chi connectivity index (χ3n) is 4.42. The highest BCUT2D eigenvalue weighted by atomic mass is 35.5. The minimum atomic E-state index is -0.171. The zero-order chi connectivity index (χ0) is 18.5. The number of benzene rings is 2. The van der Waals surface area contributed by atoms with Crippen LogP contribution in [0.4, 0.5) is 0 Å². The second-order valence-electron chi connectivity index (χ2n) is 6.36. The molecule has 2 amide bonds. The molecule has 5 nitrogen and oxygen atoms in total. The van der Waals surface area contributed by atoms with Crippen LogP contribution in [0, 0.1) is 0 Å². The summed E-state index contributed by atoms with van der Waals surface area (Å²) in [5, 5.41) is 3.60. The van der Waals surface area contributed by atoms with Crippen LogP contribution in [0.5, 0.6) is 5.75 Å². The Morgan fingerprint density at radius 3 is 2.65 bits per heavy atom. The molecule has 0 saturated carbocycles. The van der Waals surface area contributed by atoms with Gasteiger partial charge in [0.2, 0.25) is 11.8 Å². The first kappa shape index (κ1) is 18.3. The molecule has 0 aliphatic carbocycles. The molecule has 0 bridgehead atoms. The van der Waals surface area contributed by atoms with Crippen molar-refractivity contribution in [3.05, 3.63) is 64.7 Å². The van der Waals surface area contributed by atoms with Crippen LogP contribution in [0.15, 0.2) is 48.5 Å². The predicted octanol–water partition coefficient (Wildman–Crippen LogP) is 2.81. The number of carbonyl (C=O) groups excluding carboxylic acids is 2. The van der Waals surface area contributed by atoms with Gasteiger partial charge in [-0.3, -0.25) is 9.59 Å². The Kier molecular flexibility index (Phi) is 5.78. The molecule has 2 aromatic rings. The number of amides is 2. The first-order chi connectivity index (χ1) is 12.5. The van der Waals surface area contributed by atoms with Gasteiger partial charge in [-0.25, -0.2) is 0 Å². The van der Waals surface area contributed by atoms with E-state index in [4.69, 9.17) is 16.3 Å². The number of rotatable bonds is 6. The van der Waals surface area contributed by atoms with Gasteiger partial charge in [0.05, 0.1) is 19.6 Å². The van der Waals surface area contributed by atoms with Crippen molar-refractivity contribution in [1.82, 2.24) is 10.2 Å². The van der Waals surface area contributed by atoms with Gasteiger partial charge in [0.1, 0.15) is 5.75 Å². The second-order valence-corrected chi connectivity index (χ2v) is 6.77. The molecule has 3 rings (SSSR count). The Bertz CT molecular complexity index is 792. The minimum absolute atomic E-state index is 0.0275. The Balaban J connectivity index is 1.53. The van der Waals surface area contributed by atoms with E-state index in [2.05, 4.69) is 5.32 Å². The average Bonchev–Trinajstić information content (AvgIpc) is 2.96. The molecule has 0 aromatic heterocycles. The minimum Gasteiger partial charge on any atom is -0.497 e. The van der Waals surface area contributed by atoms with Crippen molar-refractivity contribution >= 4 is 23.4 Å². The molecule has 0 unspecified atom stereocenters. The maximum absolute atomic E-state index is 12.3. The van der Waals surface area contributed by atoms with Gasteiger partial charge in [-0.2, -0.15) is 0 Å². The highest BCUT2D eigenvalue weighted by molar-refractivity contribution is 6.31. The molecule has 1 fully saturated rings. The summed E-state index contributed by atoms with van der Waals surface area (Å²) in [6.45, 7) is 0.960. The first-order valence-electron chi connectivity index (χ1n) is 8.48. The number of nitrogens with zero attached hydrogens (tertiary/aromatic N) is 1. The number of hydrogen-bond donors (Lipinski definition) is 1. The van der Waals surface area contributed by atoms with Crippen LogP contribution in [0.3, 0.4) is 0 Å². The fourth-order valence-electron chi connectivity index (χ4n) is 3.06. The van der Waals surface area contributed by atoms with E-state index in [1.54, 1.807) is 12.0 Å². The van der Waals surface area contributed by atoms with Crippen LogP contribution in [0.25, 0.3) is 0 Å². The van der Waals surface area contributed by atoms with Crippen molar-refractivity contribution < 1.29 is 14.3 Å². The molecule has 136 valence electrons. The molecule has 0 radical (unpaired) electrons. The standard InChI is InChI=1S/C20H21ClN2O3/c1-26-17-8-6-14(7-9-17)10-19(24)22-16-11-20(25)23(13-16)12-15-4-2-3-5-18(15)21/h2-9,16H,10-13H2,1H3,(H,22,24)/t16-/m0/s1. The summed E-state index contributed by atoms with van der Waals surface area (Å²) in [6.07, 6.45) is 0.595. The molecule has 2 aromatic carbocycles. The number of methoxy groups -OCH3 is 1. The average molecular weight is 373 g/mol. The largest absolute Gasteiger partial charge is 0.497 e. The summed E-state index contributed by atoms with van der Waals surface area (Å²) < 4.78 is 5.11. The van der Waals surface area contributed by atoms with Crippen LogP contribution in [0.1, 0.15) is 17.5 Å². The quantitative estimate of drug-likeness (QED) is 0.848. The first-order valence-corrected chi connectivity index (χ1v) is 8.86. The van der Waals surface area contributed by atoms with Gasteiger partial charge in [-0.1, -0.05) is 41.9 Å².